The molecule has 1 unspecified atom stereocenters. The zero-order valence-electron chi connectivity index (χ0n) is 12.6. The van der Waals surface area contributed by atoms with Gasteiger partial charge in [0.15, 0.2) is 5.82 Å². The van der Waals surface area contributed by atoms with E-state index in [9.17, 15) is 4.79 Å². The third-order valence-electron chi connectivity index (χ3n) is 3.37. The highest BCUT2D eigenvalue weighted by Gasteiger charge is 2.30. The van der Waals surface area contributed by atoms with Crippen molar-refractivity contribution in [1.82, 2.24) is 20.1 Å². The highest BCUT2D eigenvalue weighted by atomic mass is 16.5. The molecule has 20 heavy (non-hydrogen) atoms. The van der Waals surface area contributed by atoms with Gasteiger partial charge in [-0.2, -0.15) is 5.10 Å². The Morgan fingerprint density at radius 1 is 1.40 bits per heavy atom. The summed E-state index contributed by atoms with van der Waals surface area (Å²) in [7, 11) is 0. The van der Waals surface area contributed by atoms with Crippen molar-refractivity contribution < 1.29 is 9.53 Å². The summed E-state index contributed by atoms with van der Waals surface area (Å²) in [5, 5.41) is 7.81. The van der Waals surface area contributed by atoms with E-state index in [1.54, 1.807) is 0 Å². The van der Waals surface area contributed by atoms with Crippen LogP contribution in [0.25, 0.3) is 0 Å². The van der Waals surface area contributed by atoms with E-state index in [4.69, 9.17) is 4.74 Å². The average Bonchev–Trinajstić information content (AvgIpc) is 3.17. The maximum atomic E-state index is 12.0. The molecular weight excluding hydrogens is 256 g/mol. The molecule has 1 aliphatic carbocycles. The number of nitrogens with one attached hydrogen (secondary N) is 1. The molecule has 1 atom stereocenters. The van der Waals surface area contributed by atoms with Crippen LogP contribution < -0.4 is 5.32 Å². The number of aryl methyl sites for hydroxylation is 2. The fourth-order valence-corrected chi connectivity index (χ4v) is 2.13. The lowest BCUT2D eigenvalue weighted by Crippen LogP contribution is -2.43. The van der Waals surface area contributed by atoms with Crippen molar-refractivity contribution in [3.8, 4) is 0 Å². The summed E-state index contributed by atoms with van der Waals surface area (Å²) >= 11 is 0. The molecule has 1 aromatic heterocycles. The number of hydrogen-bond acceptors (Lipinski definition) is 5. The van der Waals surface area contributed by atoms with Gasteiger partial charge in [-0.1, -0.05) is 13.8 Å². The van der Waals surface area contributed by atoms with Crippen molar-refractivity contribution in [2.24, 2.45) is 0 Å². The number of nitrogens with zero attached hydrogens (tertiary/aromatic N) is 3. The summed E-state index contributed by atoms with van der Waals surface area (Å²) in [5.41, 5.74) is 0. The molecule has 0 bridgehead atoms. The van der Waals surface area contributed by atoms with Crippen LogP contribution in [0.4, 0.5) is 0 Å². The number of carbonyl (C=O) groups excluding carboxylic acids is 1. The number of ether oxygens (including phenoxy) is 1. The number of rotatable bonds is 8. The van der Waals surface area contributed by atoms with E-state index in [1.165, 1.54) is 0 Å². The van der Waals surface area contributed by atoms with E-state index >= 15 is 0 Å². The Kier molecular flexibility index (Phi) is 5.11. The van der Waals surface area contributed by atoms with E-state index in [1.807, 2.05) is 25.5 Å². The van der Waals surface area contributed by atoms with Crippen LogP contribution in [0.5, 0.6) is 0 Å². The monoisotopic (exact) mass is 280 g/mol. The summed E-state index contributed by atoms with van der Waals surface area (Å²) in [4.78, 5) is 16.5. The molecule has 1 aliphatic rings. The molecule has 1 saturated carbocycles. The topological polar surface area (TPSA) is 69.0 Å². The first kappa shape index (κ1) is 15.0. The van der Waals surface area contributed by atoms with Gasteiger partial charge in [0.2, 0.25) is 0 Å². The smallest absolute Gasteiger partial charge is 0.325 e. The van der Waals surface area contributed by atoms with Gasteiger partial charge >= 0.3 is 5.97 Å². The Hall–Kier alpha value is -1.43. The van der Waals surface area contributed by atoms with Gasteiger partial charge in [0.1, 0.15) is 11.9 Å². The summed E-state index contributed by atoms with van der Waals surface area (Å²) < 4.78 is 6.99. The van der Waals surface area contributed by atoms with Crippen molar-refractivity contribution in [2.45, 2.75) is 65.1 Å². The molecule has 0 amide bonds. The van der Waals surface area contributed by atoms with Gasteiger partial charge in [-0.15, -0.1) is 0 Å². The van der Waals surface area contributed by atoms with Crippen LogP contribution in [0.2, 0.25) is 0 Å². The lowest BCUT2D eigenvalue weighted by atomic mass is 10.3. The van der Waals surface area contributed by atoms with Gasteiger partial charge in [0, 0.05) is 18.9 Å². The Bertz CT molecular complexity index is 454. The normalized spacial score (nSPS) is 16.1. The summed E-state index contributed by atoms with van der Waals surface area (Å²) in [6.07, 6.45) is 3.88. The van der Waals surface area contributed by atoms with E-state index in [0.717, 1.165) is 37.3 Å². The minimum absolute atomic E-state index is 0.199. The van der Waals surface area contributed by atoms with Gasteiger partial charge in [0.05, 0.1) is 13.2 Å². The molecule has 0 saturated heterocycles. The molecule has 1 fully saturated rings. The maximum Gasteiger partial charge on any atom is 0.325 e. The van der Waals surface area contributed by atoms with Gasteiger partial charge in [-0.3, -0.25) is 4.79 Å². The largest absolute Gasteiger partial charge is 0.465 e. The fourth-order valence-electron chi connectivity index (χ4n) is 2.13. The fraction of sp³-hybridized carbons (Fsp3) is 0.786. The lowest BCUT2D eigenvalue weighted by molar-refractivity contribution is -0.146. The van der Waals surface area contributed by atoms with E-state index < -0.39 is 0 Å². The first-order valence-corrected chi connectivity index (χ1v) is 7.53. The van der Waals surface area contributed by atoms with Crippen molar-refractivity contribution in [2.75, 3.05) is 6.61 Å². The minimum Gasteiger partial charge on any atom is -0.465 e. The zero-order chi connectivity index (χ0) is 14.5. The predicted molar refractivity (Wildman–Crippen MR) is 75.4 cm³/mol. The van der Waals surface area contributed by atoms with Crippen molar-refractivity contribution in [3.05, 3.63) is 11.6 Å². The van der Waals surface area contributed by atoms with Crippen molar-refractivity contribution >= 4 is 5.97 Å². The van der Waals surface area contributed by atoms with Crippen LogP contribution >= 0.6 is 0 Å². The molecule has 0 aromatic carbocycles. The highest BCUT2D eigenvalue weighted by Crippen LogP contribution is 2.20. The molecule has 112 valence electrons. The number of aromatic nitrogens is 3. The van der Waals surface area contributed by atoms with Crippen LogP contribution in [-0.2, 0) is 28.9 Å². The maximum absolute atomic E-state index is 12.0. The molecule has 0 spiro atoms. The van der Waals surface area contributed by atoms with Crippen LogP contribution in [-0.4, -0.2) is 39.4 Å². The van der Waals surface area contributed by atoms with Crippen LogP contribution in [0.3, 0.4) is 0 Å². The molecule has 2 rings (SSSR count). The third-order valence-corrected chi connectivity index (χ3v) is 3.37. The van der Waals surface area contributed by atoms with Crippen LogP contribution in [0.15, 0.2) is 0 Å². The molecule has 6 nitrogen and oxygen atoms in total. The average molecular weight is 280 g/mol. The second-order valence-electron chi connectivity index (χ2n) is 5.08. The van der Waals surface area contributed by atoms with Gasteiger partial charge in [-0.05, 0) is 19.8 Å². The third kappa shape index (κ3) is 3.79. The summed E-state index contributed by atoms with van der Waals surface area (Å²) in [5.74, 6) is 1.56. The van der Waals surface area contributed by atoms with E-state index in [2.05, 4.69) is 15.4 Å². The number of carbonyl (C=O) groups is 1. The number of hydrogen-bond donors (Lipinski definition) is 1. The molecule has 1 N–H and O–H groups in total. The second kappa shape index (κ2) is 6.83. The Labute approximate surface area is 119 Å². The standard InChI is InChI=1S/C14H24N4O2/c1-4-12-16-13(5-2)18(17-12)9-11(14(19)20-6-3)15-10-7-8-10/h10-11,15H,4-9H2,1-3H3. The van der Waals surface area contributed by atoms with Crippen LogP contribution in [0.1, 0.15) is 45.3 Å². The van der Waals surface area contributed by atoms with Crippen LogP contribution in [0, 0.1) is 0 Å². The van der Waals surface area contributed by atoms with Crippen molar-refractivity contribution in [3.63, 3.8) is 0 Å². The lowest BCUT2D eigenvalue weighted by Gasteiger charge is -2.17. The summed E-state index contributed by atoms with van der Waals surface area (Å²) in [6, 6.07) is 0.114. The molecule has 1 aromatic rings. The van der Waals surface area contributed by atoms with E-state index in [0.29, 0.717) is 19.2 Å². The summed E-state index contributed by atoms with van der Waals surface area (Å²) in [6.45, 7) is 6.80. The first-order chi connectivity index (χ1) is 9.67. The Morgan fingerprint density at radius 2 is 2.15 bits per heavy atom. The zero-order valence-corrected chi connectivity index (χ0v) is 12.6. The number of esters is 1. The molecular formula is C14H24N4O2. The molecule has 0 aliphatic heterocycles. The second-order valence-corrected chi connectivity index (χ2v) is 5.08. The van der Waals surface area contributed by atoms with Gasteiger partial charge in [-0.25, -0.2) is 9.67 Å². The quantitative estimate of drug-likeness (QED) is 0.722. The predicted octanol–water partition coefficient (Wildman–Crippen LogP) is 1.09. The molecule has 1 heterocycles. The van der Waals surface area contributed by atoms with Gasteiger partial charge < -0.3 is 10.1 Å². The Balaban J connectivity index is 2.08. The molecule has 0 radical (unpaired) electrons. The van der Waals surface area contributed by atoms with Gasteiger partial charge in [0.25, 0.3) is 0 Å². The first-order valence-electron chi connectivity index (χ1n) is 7.53. The Morgan fingerprint density at radius 3 is 2.70 bits per heavy atom. The SMILES string of the molecule is CCOC(=O)C(Cn1nc(CC)nc1CC)NC1CC1. The highest BCUT2D eigenvalue weighted by molar-refractivity contribution is 5.75. The van der Waals surface area contributed by atoms with E-state index in [-0.39, 0.29) is 12.0 Å². The van der Waals surface area contributed by atoms with Crippen molar-refractivity contribution in [1.29, 1.82) is 0 Å². The minimum atomic E-state index is -0.334. The molecule has 6 heteroatoms.